The molecular weight excluding hydrogens is 346 g/mol. The molecule has 3 aromatic carbocycles. The Morgan fingerprint density at radius 2 is 1.68 bits per heavy atom. The molecule has 1 atom stereocenters. The van der Waals surface area contributed by atoms with E-state index in [1.807, 2.05) is 42.5 Å². The summed E-state index contributed by atoms with van der Waals surface area (Å²) in [6.07, 6.45) is 2.11. The van der Waals surface area contributed by atoms with E-state index in [0.29, 0.717) is 13.2 Å². The van der Waals surface area contributed by atoms with Crippen LogP contribution in [0, 0.1) is 0 Å². The molecule has 0 aromatic heterocycles. The molecule has 0 radical (unpaired) electrons. The Balaban J connectivity index is 1.57. The fourth-order valence-electron chi connectivity index (χ4n) is 2.91. The zero-order chi connectivity index (χ0) is 19.6. The lowest BCUT2D eigenvalue weighted by Gasteiger charge is -2.15. The molecule has 0 aliphatic rings. The lowest BCUT2D eigenvalue weighted by atomic mass is 10.1. The van der Waals surface area contributed by atoms with Gasteiger partial charge in [-0.25, -0.2) is 0 Å². The van der Waals surface area contributed by atoms with Crippen LogP contribution < -0.4 is 14.8 Å². The predicted molar refractivity (Wildman–Crippen MR) is 116 cm³/mol. The van der Waals surface area contributed by atoms with Gasteiger partial charge in [0.05, 0.1) is 12.7 Å². The summed E-state index contributed by atoms with van der Waals surface area (Å²) in [5.41, 5.74) is 3.47. The number of rotatable bonds is 10. The number of ether oxygens (including phenoxy) is 2. The molecule has 3 nitrogen and oxygen atoms in total. The zero-order valence-corrected chi connectivity index (χ0v) is 16.7. The summed E-state index contributed by atoms with van der Waals surface area (Å²) >= 11 is 0. The van der Waals surface area contributed by atoms with Crippen molar-refractivity contribution in [3.8, 4) is 11.5 Å². The van der Waals surface area contributed by atoms with Crippen molar-refractivity contribution >= 4 is 5.69 Å². The van der Waals surface area contributed by atoms with Gasteiger partial charge in [-0.3, -0.25) is 0 Å². The molecule has 0 spiro atoms. The van der Waals surface area contributed by atoms with Crippen LogP contribution in [0.4, 0.5) is 5.69 Å². The third-order valence-electron chi connectivity index (χ3n) is 4.69. The summed E-state index contributed by atoms with van der Waals surface area (Å²) in [5.74, 6) is 1.82. The Bertz CT molecular complexity index is 848. The van der Waals surface area contributed by atoms with Crippen molar-refractivity contribution < 1.29 is 9.47 Å². The number of hydrogen-bond acceptors (Lipinski definition) is 3. The molecule has 28 heavy (non-hydrogen) atoms. The van der Waals surface area contributed by atoms with Crippen molar-refractivity contribution in [3.05, 3.63) is 90.0 Å². The van der Waals surface area contributed by atoms with E-state index in [1.54, 1.807) is 0 Å². The average Bonchev–Trinajstić information content (AvgIpc) is 2.74. The van der Waals surface area contributed by atoms with Gasteiger partial charge in [-0.05, 0) is 37.1 Å². The van der Waals surface area contributed by atoms with Crippen molar-refractivity contribution in [1.82, 2.24) is 0 Å². The number of benzene rings is 3. The first-order valence-electron chi connectivity index (χ1n) is 10.00. The van der Waals surface area contributed by atoms with E-state index in [9.17, 15) is 0 Å². The van der Waals surface area contributed by atoms with Crippen LogP contribution in [0.2, 0.25) is 0 Å². The van der Waals surface area contributed by atoms with Crippen LogP contribution in [-0.2, 0) is 13.0 Å². The summed E-state index contributed by atoms with van der Waals surface area (Å²) < 4.78 is 12.0. The van der Waals surface area contributed by atoms with Gasteiger partial charge < -0.3 is 14.8 Å². The molecule has 0 saturated carbocycles. The highest BCUT2D eigenvalue weighted by Crippen LogP contribution is 2.23. The summed E-state index contributed by atoms with van der Waals surface area (Å²) in [7, 11) is 0. The number of nitrogens with one attached hydrogen (secondary N) is 1. The second kappa shape index (κ2) is 10.4. The Hall–Kier alpha value is -2.94. The normalized spacial score (nSPS) is 11.6. The van der Waals surface area contributed by atoms with Gasteiger partial charge in [-0.15, -0.1) is 0 Å². The molecule has 0 saturated heterocycles. The van der Waals surface area contributed by atoms with Crippen molar-refractivity contribution in [2.24, 2.45) is 0 Å². The van der Waals surface area contributed by atoms with Gasteiger partial charge in [-0.1, -0.05) is 61.5 Å². The molecule has 0 aliphatic heterocycles. The van der Waals surface area contributed by atoms with Gasteiger partial charge in [0.2, 0.25) is 0 Å². The minimum Gasteiger partial charge on any atom is -0.493 e. The van der Waals surface area contributed by atoms with Crippen LogP contribution in [0.3, 0.4) is 0 Å². The lowest BCUT2D eigenvalue weighted by Crippen LogP contribution is -2.10. The Labute approximate surface area is 168 Å². The van der Waals surface area contributed by atoms with E-state index in [4.69, 9.17) is 9.47 Å². The summed E-state index contributed by atoms with van der Waals surface area (Å²) in [6, 6.07) is 26.7. The van der Waals surface area contributed by atoms with Crippen molar-refractivity contribution in [2.75, 3.05) is 11.9 Å². The largest absolute Gasteiger partial charge is 0.493 e. The molecule has 0 aliphatic carbocycles. The monoisotopic (exact) mass is 375 g/mol. The lowest BCUT2D eigenvalue weighted by molar-refractivity contribution is 0.217. The van der Waals surface area contributed by atoms with Crippen LogP contribution in [0.1, 0.15) is 31.4 Å². The van der Waals surface area contributed by atoms with E-state index >= 15 is 0 Å². The fraction of sp³-hybridized carbons (Fsp3) is 0.280. The van der Waals surface area contributed by atoms with Gasteiger partial charge in [0.15, 0.2) is 0 Å². The number of anilines is 1. The maximum atomic E-state index is 6.06. The van der Waals surface area contributed by atoms with Gasteiger partial charge in [-0.2, -0.15) is 0 Å². The summed E-state index contributed by atoms with van der Waals surface area (Å²) in [6.45, 7) is 5.58. The van der Waals surface area contributed by atoms with E-state index in [1.165, 1.54) is 5.56 Å². The van der Waals surface area contributed by atoms with Crippen LogP contribution in [0.5, 0.6) is 11.5 Å². The molecule has 0 fully saturated rings. The minimum atomic E-state index is 0.217. The maximum absolute atomic E-state index is 6.06. The van der Waals surface area contributed by atoms with Crippen LogP contribution in [0.25, 0.3) is 0 Å². The molecule has 3 rings (SSSR count). The van der Waals surface area contributed by atoms with Crippen molar-refractivity contribution in [3.63, 3.8) is 0 Å². The van der Waals surface area contributed by atoms with Crippen molar-refractivity contribution in [2.45, 2.75) is 39.3 Å². The summed E-state index contributed by atoms with van der Waals surface area (Å²) in [4.78, 5) is 0. The number of para-hydroxylation sites is 1. The fourth-order valence-corrected chi connectivity index (χ4v) is 2.91. The first-order valence-corrected chi connectivity index (χ1v) is 10.00. The van der Waals surface area contributed by atoms with Gasteiger partial charge >= 0.3 is 0 Å². The van der Waals surface area contributed by atoms with Crippen LogP contribution in [-0.4, -0.2) is 12.7 Å². The quantitative estimate of drug-likeness (QED) is 0.464. The Morgan fingerprint density at radius 1 is 0.893 bits per heavy atom. The molecule has 0 heterocycles. The first kappa shape index (κ1) is 19.8. The molecule has 3 heteroatoms. The molecule has 0 amide bonds. The van der Waals surface area contributed by atoms with Gasteiger partial charge in [0, 0.05) is 30.3 Å². The van der Waals surface area contributed by atoms with E-state index in [2.05, 4.69) is 55.6 Å². The smallest absolute Gasteiger partial charge is 0.124 e. The van der Waals surface area contributed by atoms with E-state index in [0.717, 1.165) is 35.6 Å². The minimum absolute atomic E-state index is 0.217. The highest BCUT2D eigenvalue weighted by Gasteiger charge is 2.05. The molecule has 0 unspecified atom stereocenters. The van der Waals surface area contributed by atoms with Crippen molar-refractivity contribution in [1.29, 1.82) is 0 Å². The predicted octanol–water partition coefficient (Wildman–Crippen LogP) is 6.10. The summed E-state index contributed by atoms with van der Waals surface area (Å²) in [5, 5.41) is 3.48. The SMILES string of the molecule is CC[C@H](C)Oc1cccc(NCc2ccccc2OCCc2ccccc2)c1. The second-order valence-corrected chi connectivity index (χ2v) is 6.91. The first-order chi connectivity index (χ1) is 13.7. The molecule has 146 valence electrons. The van der Waals surface area contributed by atoms with Crippen LogP contribution in [0.15, 0.2) is 78.9 Å². The van der Waals surface area contributed by atoms with Crippen LogP contribution >= 0.6 is 0 Å². The molecule has 0 bridgehead atoms. The Morgan fingerprint density at radius 3 is 2.50 bits per heavy atom. The Kier molecular flexibility index (Phi) is 7.36. The topological polar surface area (TPSA) is 30.5 Å². The highest BCUT2D eigenvalue weighted by atomic mass is 16.5. The van der Waals surface area contributed by atoms with Gasteiger partial charge in [0.1, 0.15) is 11.5 Å². The third kappa shape index (κ3) is 6.05. The molecular formula is C25H29NO2. The highest BCUT2D eigenvalue weighted by molar-refractivity contribution is 5.49. The molecule has 1 N–H and O–H groups in total. The number of hydrogen-bond donors (Lipinski definition) is 1. The molecule has 3 aromatic rings. The average molecular weight is 376 g/mol. The standard InChI is InChI=1S/C25H29NO2/c1-3-20(2)28-24-14-9-13-23(18-24)26-19-22-12-7-8-15-25(22)27-17-16-21-10-5-4-6-11-21/h4-15,18,20,26H,3,16-17,19H2,1-2H3/t20-/m0/s1. The van der Waals surface area contributed by atoms with E-state index < -0.39 is 0 Å². The van der Waals surface area contributed by atoms with E-state index in [-0.39, 0.29) is 6.10 Å². The third-order valence-corrected chi connectivity index (χ3v) is 4.69. The second-order valence-electron chi connectivity index (χ2n) is 6.91. The zero-order valence-electron chi connectivity index (χ0n) is 16.7. The van der Waals surface area contributed by atoms with Gasteiger partial charge in [0.25, 0.3) is 0 Å². The maximum Gasteiger partial charge on any atom is 0.124 e.